The van der Waals surface area contributed by atoms with Gasteiger partial charge in [-0.1, -0.05) is 27.2 Å². The summed E-state index contributed by atoms with van der Waals surface area (Å²) >= 11 is 0. The number of piperidine rings is 1. The van der Waals surface area contributed by atoms with E-state index in [1.54, 1.807) is 0 Å². The smallest absolute Gasteiger partial charge is 0.0163 e. The van der Waals surface area contributed by atoms with Crippen LogP contribution in [0.3, 0.4) is 0 Å². The van der Waals surface area contributed by atoms with Crippen molar-refractivity contribution in [1.82, 2.24) is 10.2 Å². The number of nitrogens with zero attached hydrogens (tertiary/aromatic N) is 1. The van der Waals surface area contributed by atoms with Gasteiger partial charge < -0.3 is 5.32 Å². The molecule has 0 radical (unpaired) electrons. The van der Waals surface area contributed by atoms with Crippen molar-refractivity contribution >= 4 is 0 Å². The van der Waals surface area contributed by atoms with E-state index in [9.17, 15) is 0 Å². The van der Waals surface area contributed by atoms with Gasteiger partial charge in [-0.05, 0) is 38.8 Å². The normalized spacial score (nSPS) is 26.6. The van der Waals surface area contributed by atoms with Gasteiger partial charge in [-0.2, -0.15) is 0 Å². The molecule has 1 heterocycles. The Labute approximate surface area is 95.4 Å². The highest BCUT2D eigenvalue weighted by atomic mass is 15.2. The first-order valence-corrected chi connectivity index (χ1v) is 6.36. The highest BCUT2D eigenvalue weighted by Gasteiger charge is 2.32. The van der Waals surface area contributed by atoms with Crippen LogP contribution in [0.4, 0.5) is 0 Å². The Morgan fingerprint density at radius 2 is 2.00 bits per heavy atom. The van der Waals surface area contributed by atoms with Gasteiger partial charge in [-0.15, -0.1) is 0 Å². The van der Waals surface area contributed by atoms with Gasteiger partial charge in [0, 0.05) is 18.6 Å². The number of rotatable bonds is 3. The molecule has 1 fully saturated rings. The first kappa shape index (κ1) is 13.0. The van der Waals surface area contributed by atoms with E-state index in [2.05, 4.69) is 45.0 Å². The van der Waals surface area contributed by atoms with Crippen LogP contribution < -0.4 is 5.32 Å². The molecule has 1 aliphatic rings. The molecule has 0 aliphatic carbocycles. The lowest BCUT2D eigenvalue weighted by Crippen LogP contribution is -2.51. The average molecular weight is 212 g/mol. The van der Waals surface area contributed by atoms with Crippen molar-refractivity contribution in [2.45, 2.75) is 59.0 Å². The molecule has 2 unspecified atom stereocenters. The number of nitrogens with one attached hydrogen (secondary N) is 1. The number of hydrogen-bond acceptors (Lipinski definition) is 2. The lowest BCUT2D eigenvalue weighted by atomic mass is 9.80. The van der Waals surface area contributed by atoms with Crippen molar-refractivity contribution in [1.29, 1.82) is 0 Å². The minimum Gasteiger partial charge on any atom is -0.316 e. The van der Waals surface area contributed by atoms with E-state index >= 15 is 0 Å². The molecule has 0 aromatic rings. The fourth-order valence-corrected chi connectivity index (χ4v) is 2.63. The van der Waals surface area contributed by atoms with Gasteiger partial charge in [0.05, 0.1) is 0 Å². The number of likely N-dealkylation sites (tertiary alicyclic amines) is 1. The molecule has 0 saturated carbocycles. The molecule has 0 bridgehead atoms. The first-order valence-electron chi connectivity index (χ1n) is 6.36. The predicted octanol–water partition coefficient (Wildman–Crippen LogP) is 2.49. The second kappa shape index (κ2) is 5.31. The topological polar surface area (TPSA) is 15.3 Å². The quantitative estimate of drug-likeness (QED) is 0.773. The Hall–Kier alpha value is -0.0800. The molecule has 0 spiro atoms. The number of hydrogen-bond donors (Lipinski definition) is 1. The van der Waals surface area contributed by atoms with Gasteiger partial charge in [0.1, 0.15) is 0 Å². The second-order valence-electron chi connectivity index (χ2n) is 6.06. The van der Waals surface area contributed by atoms with Gasteiger partial charge in [0.2, 0.25) is 0 Å². The maximum Gasteiger partial charge on any atom is 0.0163 e. The van der Waals surface area contributed by atoms with E-state index in [1.165, 1.54) is 32.4 Å². The van der Waals surface area contributed by atoms with Gasteiger partial charge in [0.25, 0.3) is 0 Å². The van der Waals surface area contributed by atoms with E-state index in [4.69, 9.17) is 0 Å². The van der Waals surface area contributed by atoms with Crippen LogP contribution in [-0.2, 0) is 0 Å². The van der Waals surface area contributed by atoms with Crippen LogP contribution in [-0.4, -0.2) is 37.1 Å². The zero-order valence-electron chi connectivity index (χ0n) is 11.1. The molecule has 0 aromatic heterocycles. The molecular formula is C13H28N2. The van der Waals surface area contributed by atoms with Crippen LogP contribution in [0, 0.1) is 5.41 Å². The highest BCUT2D eigenvalue weighted by Crippen LogP contribution is 2.31. The maximum absolute atomic E-state index is 3.34. The average Bonchev–Trinajstić information content (AvgIpc) is 2.17. The zero-order chi connectivity index (χ0) is 11.5. The monoisotopic (exact) mass is 212 g/mol. The summed E-state index contributed by atoms with van der Waals surface area (Å²) in [5.74, 6) is 0. The van der Waals surface area contributed by atoms with Crippen LogP contribution in [0.15, 0.2) is 0 Å². The molecule has 0 aromatic carbocycles. The molecule has 1 saturated heterocycles. The molecule has 2 atom stereocenters. The summed E-state index contributed by atoms with van der Waals surface area (Å²) in [7, 11) is 2.06. The van der Waals surface area contributed by atoms with Crippen molar-refractivity contribution < 1.29 is 0 Å². The second-order valence-corrected chi connectivity index (χ2v) is 6.06. The van der Waals surface area contributed by atoms with E-state index in [0.29, 0.717) is 11.5 Å². The van der Waals surface area contributed by atoms with Gasteiger partial charge in [-0.3, -0.25) is 4.90 Å². The molecule has 15 heavy (non-hydrogen) atoms. The summed E-state index contributed by atoms with van der Waals surface area (Å²) in [6, 6.07) is 1.37. The third-order valence-electron chi connectivity index (χ3n) is 3.61. The summed E-state index contributed by atoms with van der Waals surface area (Å²) in [6.07, 6.45) is 4.16. The molecular weight excluding hydrogens is 184 g/mol. The third kappa shape index (κ3) is 3.76. The first-order chi connectivity index (χ1) is 6.95. The summed E-state index contributed by atoms with van der Waals surface area (Å²) in [5.41, 5.74) is 0.424. The molecule has 90 valence electrons. The van der Waals surface area contributed by atoms with Crippen LogP contribution >= 0.6 is 0 Å². The van der Waals surface area contributed by atoms with Crippen molar-refractivity contribution in [2.24, 2.45) is 5.41 Å². The lowest BCUT2D eigenvalue weighted by Gasteiger charge is -2.44. The Balaban J connectivity index is 2.58. The Bertz CT molecular complexity index is 183. The van der Waals surface area contributed by atoms with Crippen molar-refractivity contribution in [3.05, 3.63) is 0 Å². The molecule has 1 N–H and O–H groups in total. The summed E-state index contributed by atoms with van der Waals surface area (Å²) in [6.45, 7) is 11.9. The fourth-order valence-electron chi connectivity index (χ4n) is 2.63. The highest BCUT2D eigenvalue weighted by molar-refractivity contribution is 4.87. The van der Waals surface area contributed by atoms with Gasteiger partial charge in [0.15, 0.2) is 0 Å². The van der Waals surface area contributed by atoms with E-state index < -0.39 is 0 Å². The maximum atomic E-state index is 3.34. The fraction of sp³-hybridized carbons (Fsp3) is 1.00. The number of likely N-dealkylation sites (N-methyl/N-ethyl adjacent to an activating group) is 1. The van der Waals surface area contributed by atoms with E-state index in [0.717, 1.165) is 6.04 Å². The minimum absolute atomic E-state index is 0.424. The SMILES string of the molecule is CNC(C)CN1CCCCC1C(C)(C)C. The zero-order valence-corrected chi connectivity index (χ0v) is 11.1. The van der Waals surface area contributed by atoms with Gasteiger partial charge >= 0.3 is 0 Å². The van der Waals surface area contributed by atoms with Crippen LogP contribution in [0.2, 0.25) is 0 Å². The van der Waals surface area contributed by atoms with Gasteiger partial charge in [-0.25, -0.2) is 0 Å². The van der Waals surface area contributed by atoms with E-state index in [1.807, 2.05) is 0 Å². The van der Waals surface area contributed by atoms with Crippen molar-refractivity contribution in [3.8, 4) is 0 Å². The van der Waals surface area contributed by atoms with E-state index in [-0.39, 0.29) is 0 Å². The Kier molecular flexibility index (Phi) is 4.60. The minimum atomic E-state index is 0.424. The standard InChI is InChI=1S/C13H28N2/c1-11(14-5)10-15-9-7-6-8-12(15)13(2,3)4/h11-12,14H,6-10H2,1-5H3. The summed E-state index contributed by atoms with van der Waals surface area (Å²) < 4.78 is 0. The van der Waals surface area contributed by atoms with Crippen molar-refractivity contribution in [3.63, 3.8) is 0 Å². The Morgan fingerprint density at radius 1 is 1.33 bits per heavy atom. The molecule has 2 nitrogen and oxygen atoms in total. The molecule has 1 aliphatic heterocycles. The summed E-state index contributed by atoms with van der Waals surface area (Å²) in [5, 5.41) is 3.34. The summed E-state index contributed by atoms with van der Waals surface area (Å²) in [4.78, 5) is 2.69. The van der Waals surface area contributed by atoms with Crippen LogP contribution in [0.1, 0.15) is 47.0 Å². The molecule has 2 heteroatoms. The van der Waals surface area contributed by atoms with Crippen molar-refractivity contribution in [2.75, 3.05) is 20.1 Å². The lowest BCUT2D eigenvalue weighted by molar-refractivity contribution is 0.0578. The predicted molar refractivity (Wildman–Crippen MR) is 67.2 cm³/mol. The molecule has 0 amide bonds. The third-order valence-corrected chi connectivity index (χ3v) is 3.61. The van der Waals surface area contributed by atoms with Crippen LogP contribution in [0.25, 0.3) is 0 Å². The molecule has 1 rings (SSSR count). The van der Waals surface area contributed by atoms with Crippen LogP contribution in [0.5, 0.6) is 0 Å². The largest absolute Gasteiger partial charge is 0.316 e. The Morgan fingerprint density at radius 3 is 2.53 bits per heavy atom.